The number of aliphatic hydroxyl groups excluding tert-OH is 1. The fourth-order valence-corrected chi connectivity index (χ4v) is 6.12. The second kappa shape index (κ2) is 9.55. The highest BCUT2D eigenvalue weighted by Crippen LogP contribution is 2.64. The lowest BCUT2D eigenvalue weighted by Gasteiger charge is -2.45. The minimum absolute atomic E-state index is 0.0673. The topological polar surface area (TPSA) is 57.2 Å². The van der Waals surface area contributed by atoms with Gasteiger partial charge < -0.3 is 24.1 Å². The van der Waals surface area contributed by atoms with Crippen LogP contribution in [-0.2, 0) is 27.4 Å². The molecule has 2 aromatic carbocycles. The molecular weight excluding hydrogens is 440 g/mol. The van der Waals surface area contributed by atoms with Crippen molar-refractivity contribution in [3.05, 3.63) is 95.9 Å². The first kappa shape index (κ1) is 24.3. The van der Waals surface area contributed by atoms with Crippen molar-refractivity contribution in [2.45, 2.75) is 69.9 Å². The van der Waals surface area contributed by atoms with Crippen molar-refractivity contribution in [1.29, 1.82) is 0 Å². The molecule has 185 valence electrons. The summed E-state index contributed by atoms with van der Waals surface area (Å²) in [5.74, 6) is 2.01. The molecule has 2 aromatic rings. The van der Waals surface area contributed by atoms with Gasteiger partial charge >= 0.3 is 0 Å². The maximum Gasteiger partial charge on any atom is 0.118 e. The normalized spacial score (nSPS) is 31.5. The van der Waals surface area contributed by atoms with Gasteiger partial charge in [0.15, 0.2) is 0 Å². The molecule has 5 rings (SSSR count). The van der Waals surface area contributed by atoms with Gasteiger partial charge in [-0.05, 0) is 35.3 Å². The number of benzene rings is 2. The van der Waals surface area contributed by atoms with E-state index in [0.29, 0.717) is 26.1 Å². The predicted molar refractivity (Wildman–Crippen MR) is 135 cm³/mol. The maximum absolute atomic E-state index is 10.9. The number of fused-ring (bicyclic) bond motifs is 1. The summed E-state index contributed by atoms with van der Waals surface area (Å²) in [6, 6.07) is 18.1. The first-order chi connectivity index (χ1) is 16.9. The summed E-state index contributed by atoms with van der Waals surface area (Å²) in [7, 11) is 1.66. The van der Waals surface area contributed by atoms with Crippen LogP contribution in [0.5, 0.6) is 5.75 Å². The molecule has 0 saturated carbocycles. The Labute approximate surface area is 208 Å². The Balaban J connectivity index is 1.43. The van der Waals surface area contributed by atoms with Crippen LogP contribution in [0.15, 0.2) is 78.9 Å². The Bertz CT molecular complexity index is 1060. The molecule has 0 unspecified atom stereocenters. The Morgan fingerprint density at radius 1 is 1.03 bits per heavy atom. The van der Waals surface area contributed by atoms with Crippen LogP contribution < -0.4 is 4.74 Å². The van der Waals surface area contributed by atoms with Gasteiger partial charge in [0.2, 0.25) is 0 Å². The van der Waals surface area contributed by atoms with Crippen molar-refractivity contribution in [3.63, 3.8) is 0 Å². The van der Waals surface area contributed by atoms with Crippen molar-refractivity contribution < 1.29 is 24.1 Å². The third kappa shape index (κ3) is 4.36. The van der Waals surface area contributed by atoms with Gasteiger partial charge in [-0.2, -0.15) is 0 Å². The number of rotatable bonds is 8. The van der Waals surface area contributed by atoms with E-state index >= 15 is 0 Å². The summed E-state index contributed by atoms with van der Waals surface area (Å²) in [6.07, 6.45) is 3.74. The molecule has 5 heteroatoms. The molecule has 2 heterocycles. The number of hydrogen-bond acceptors (Lipinski definition) is 5. The number of hydrogen-bond donors (Lipinski definition) is 1. The molecule has 5 nitrogen and oxygen atoms in total. The van der Waals surface area contributed by atoms with Crippen LogP contribution >= 0.6 is 0 Å². The van der Waals surface area contributed by atoms with E-state index in [2.05, 4.69) is 32.6 Å². The standard InChI is InChI=1S/C30H35O5/c1-5-22-15-23(31)16-26-29(2,3)28-25(33-18-20-9-7-6-8-10-20)17-30(26,35-28)27(22)34-19-21-11-13-24(32-4)14-12-21/h5-15,23,25,27-28,31H,1,16-19H2,2-4H3/t23-,25+,27+,28+,30-/m1/s1. The van der Waals surface area contributed by atoms with Crippen LogP contribution in [0.2, 0.25) is 0 Å². The highest BCUT2D eigenvalue weighted by atomic mass is 16.6. The minimum atomic E-state index is -0.667. The van der Waals surface area contributed by atoms with E-state index in [1.165, 1.54) is 5.92 Å². The van der Waals surface area contributed by atoms with Crippen LogP contribution in [-0.4, -0.2) is 42.2 Å². The van der Waals surface area contributed by atoms with Crippen LogP contribution in [0.4, 0.5) is 0 Å². The van der Waals surface area contributed by atoms with Gasteiger partial charge in [0.1, 0.15) is 17.5 Å². The van der Waals surface area contributed by atoms with E-state index < -0.39 is 11.7 Å². The summed E-state index contributed by atoms with van der Waals surface area (Å²) in [4.78, 5) is 0. The zero-order chi connectivity index (χ0) is 24.6. The lowest BCUT2D eigenvalue weighted by molar-refractivity contribution is -0.0956. The zero-order valence-corrected chi connectivity index (χ0v) is 20.8. The van der Waals surface area contributed by atoms with Gasteiger partial charge in [-0.25, -0.2) is 0 Å². The molecule has 1 radical (unpaired) electrons. The monoisotopic (exact) mass is 475 g/mol. The minimum Gasteiger partial charge on any atom is -0.497 e. The second-order valence-electron chi connectivity index (χ2n) is 10.3. The highest BCUT2D eigenvalue weighted by molar-refractivity contribution is 5.42. The van der Waals surface area contributed by atoms with Crippen LogP contribution in [0, 0.1) is 11.3 Å². The van der Waals surface area contributed by atoms with E-state index in [0.717, 1.165) is 22.4 Å². The van der Waals surface area contributed by atoms with Gasteiger partial charge in [0.25, 0.3) is 0 Å². The molecule has 3 aliphatic rings. The first-order valence-corrected chi connectivity index (χ1v) is 12.3. The third-order valence-electron chi connectivity index (χ3n) is 7.82. The summed E-state index contributed by atoms with van der Waals surface area (Å²) in [5, 5.41) is 10.9. The average molecular weight is 476 g/mol. The average Bonchev–Trinajstić information content (AvgIpc) is 3.31. The van der Waals surface area contributed by atoms with Crippen LogP contribution in [0.3, 0.4) is 0 Å². The molecule has 1 spiro atoms. The lowest BCUT2D eigenvalue weighted by Crippen LogP contribution is -2.53. The van der Waals surface area contributed by atoms with Crippen LogP contribution in [0.25, 0.3) is 0 Å². The fourth-order valence-electron chi connectivity index (χ4n) is 6.12. The number of aliphatic hydroxyl groups is 1. The number of methoxy groups -OCH3 is 1. The molecule has 1 N–H and O–H groups in total. The molecule has 2 fully saturated rings. The second-order valence-corrected chi connectivity index (χ2v) is 10.3. The quantitative estimate of drug-likeness (QED) is 0.570. The zero-order valence-electron chi connectivity index (χ0n) is 20.8. The molecule has 2 aliphatic heterocycles. The van der Waals surface area contributed by atoms with Gasteiger partial charge in [0.05, 0.1) is 38.6 Å². The van der Waals surface area contributed by atoms with Crippen molar-refractivity contribution in [2.75, 3.05) is 7.11 Å². The van der Waals surface area contributed by atoms with Gasteiger partial charge in [-0.15, -0.1) is 0 Å². The van der Waals surface area contributed by atoms with Crippen molar-refractivity contribution in [2.24, 2.45) is 5.41 Å². The fraction of sp³-hybridized carbons (Fsp3) is 0.433. The van der Waals surface area contributed by atoms with E-state index in [1.807, 2.05) is 48.5 Å². The Morgan fingerprint density at radius 3 is 2.40 bits per heavy atom. The van der Waals surface area contributed by atoms with Gasteiger partial charge in [-0.3, -0.25) is 0 Å². The maximum atomic E-state index is 10.9. The molecular formula is C30H35O5. The van der Waals surface area contributed by atoms with Crippen molar-refractivity contribution in [3.8, 4) is 5.75 Å². The summed E-state index contributed by atoms with van der Waals surface area (Å²) in [5.41, 5.74) is 2.12. The van der Waals surface area contributed by atoms with Gasteiger partial charge in [0, 0.05) is 17.8 Å². The summed E-state index contributed by atoms with van der Waals surface area (Å²) in [6.45, 7) is 9.41. The van der Waals surface area contributed by atoms with E-state index in [-0.39, 0.29) is 23.7 Å². The predicted octanol–water partition coefficient (Wildman–Crippen LogP) is 5.18. The molecule has 5 atom stereocenters. The molecule has 1 aliphatic carbocycles. The number of ether oxygens (including phenoxy) is 4. The van der Waals surface area contributed by atoms with E-state index in [4.69, 9.17) is 18.9 Å². The SMILES string of the molecule is C=CC1=C[C@@H](O)C[C]2C(C)(C)[C@H]3O[C@@]2(C[C@@H]3OCc2ccccc2)[C@H]1OCc1ccc(OC)cc1. The molecule has 2 bridgehead atoms. The first-order valence-electron chi connectivity index (χ1n) is 12.3. The Hall–Kier alpha value is -2.44. The molecule has 35 heavy (non-hydrogen) atoms. The largest absolute Gasteiger partial charge is 0.497 e. The molecule has 2 saturated heterocycles. The lowest BCUT2D eigenvalue weighted by atomic mass is 9.59. The smallest absolute Gasteiger partial charge is 0.118 e. The van der Waals surface area contributed by atoms with Crippen molar-refractivity contribution in [1.82, 2.24) is 0 Å². The van der Waals surface area contributed by atoms with E-state index in [9.17, 15) is 5.11 Å². The molecule has 0 aromatic heterocycles. The molecule has 0 amide bonds. The third-order valence-corrected chi connectivity index (χ3v) is 7.82. The van der Waals surface area contributed by atoms with Gasteiger partial charge in [-0.1, -0.05) is 75.0 Å². The Morgan fingerprint density at radius 2 is 1.71 bits per heavy atom. The summed E-state index contributed by atoms with van der Waals surface area (Å²) >= 11 is 0. The summed E-state index contributed by atoms with van der Waals surface area (Å²) < 4.78 is 25.2. The highest BCUT2D eigenvalue weighted by Gasteiger charge is 2.71. The Kier molecular flexibility index (Phi) is 6.62. The van der Waals surface area contributed by atoms with E-state index in [1.54, 1.807) is 13.2 Å². The van der Waals surface area contributed by atoms with Crippen LogP contribution in [0.1, 0.15) is 37.8 Å². The van der Waals surface area contributed by atoms with Crippen molar-refractivity contribution >= 4 is 0 Å².